The van der Waals surface area contributed by atoms with Crippen molar-refractivity contribution in [2.75, 3.05) is 26.2 Å². The van der Waals surface area contributed by atoms with E-state index in [1.165, 1.54) is 4.90 Å². The fourth-order valence-electron chi connectivity index (χ4n) is 6.87. The first-order valence-electron chi connectivity index (χ1n) is 14.1. The van der Waals surface area contributed by atoms with E-state index in [0.29, 0.717) is 39.8 Å². The van der Waals surface area contributed by atoms with Gasteiger partial charge in [-0.1, -0.05) is 17.7 Å². The largest absolute Gasteiger partial charge is 0.375 e. The van der Waals surface area contributed by atoms with Crippen LogP contribution in [0, 0.1) is 0 Å². The van der Waals surface area contributed by atoms with Gasteiger partial charge in [0.05, 0.1) is 12.2 Å². The van der Waals surface area contributed by atoms with Gasteiger partial charge in [-0.25, -0.2) is 0 Å². The predicted octanol–water partition coefficient (Wildman–Crippen LogP) is 2.38. The van der Waals surface area contributed by atoms with Crippen LogP contribution in [0.25, 0.3) is 0 Å². The topological polar surface area (TPSA) is 108 Å². The molecule has 0 radical (unpaired) electrons. The molecule has 5 aliphatic rings. The van der Waals surface area contributed by atoms with Crippen LogP contribution in [-0.4, -0.2) is 89.5 Å². The van der Waals surface area contributed by atoms with Crippen molar-refractivity contribution in [1.29, 1.82) is 0 Å². The Bertz CT molecular complexity index is 1140. The van der Waals surface area contributed by atoms with Gasteiger partial charge in [-0.2, -0.15) is 0 Å². The van der Waals surface area contributed by atoms with Crippen LogP contribution in [0.4, 0.5) is 0 Å². The summed E-state index contributed by atoms with van der Waals surface area (Å²) in [7, 11) is 0. The molecule has 1 aromatic rings. The van der Waals surface area contributed by atoms with E-state index in [2.05, 4.69) is 15.1 Å². The zero-order valence-corrected chi connectivity index (χ0v) is 22.7. The Balaban J connectivity index is 1.06. The Morgan fingerprint density at radius 1 is 0.974 bits per heavy atom. The number of amides is 3. The summed E-state index contributed by atoms with van der Waals surface area (Å²) < 4.78 is 6.31. The highest BCUT2D eigenvalue weighted by Crippen LogP contribution is 2.41. The highest BCUT2D eigenvalue weighted by Gasteiger charge is 2.45. The number of piperidine rings is 3. The number of hydroxylamine groups is 2. The van der Waals surface area contributed by atoms with Gasteiger partial charge in [0.15, 0.2) is 0 Å². The van der Waals surface area contributed by atoms with Crippen molar-refractivity contribution in [3.05, 3.63) is 33.8 Å². The number of halogens is 1. The average molecular weight is 559 g/mol. The highest BCUT2D eigenvalue weighted by atomic mass is 35.5. The van der Waals surface area contributed by atoms with Crippen molar-refractivity contribution in [2.24, 2.45) is 0 Å². The molecule has 1 aromatic carbocycles. The summed E-state index contributed by atoms with van der Waals surface area (Å²) in [5.41, 5.74) is 2.27. The second-order valence-electron chi connectivity index (χ2n) is 11.4. The van der Waals surface area contributed by atoms with Crippen molar-refractivity contribution in [2.45, 2.75) is 88.1 Å². The average Bonchev–Trinajstić information content (AvgIpc) is 3.26. The SMILES string of the molecule is O=CON1C(=O)CCC(N2Cc3c(ccc(C4CCN(C5CC(OC6CCNCC6)C5)CC4)c3Cl)C2=O)C1=O. The predicted molar refractivity (Wildman–Crippen MR) is 141 cm³/mol. The molecule has 210 valence electrons. The molecule has 11 heteroatoms. The molecule has 1 atom stereocenters. The second-order valence-corrected chi connectivity index (χ2v) is 11.7. The fraction of sp³-hybridized carbons (Fsp3) is 0.643. The van der Waals surface area contributed by atoms with Crippen LogP contribution in [0.2, 0.25) is 5.02 Å². The molecule has 4 fully saturated rings. The van der Waals surface area contributed by atoms with Crippen LogP contribution in [0.3, 0.4) is 0 Å². The molecule has 0 bridgehead atoms. The molecule has 1 N–H and O–H groups in total. The van der Waals surface area contributed by atoms with Gasteiger partial charge < -0.3 is 24.7 Å². The van der Waals surface area contributed by atoms with Crippen LogP contribution in [0.15, 0.2) is 12.1 Å². The zero-order chi connectivity index (χ0) is 27.1. The van der Waals surface area contributed by atoms with Crippen LogP contribution in [-0.2, 0) is 30.5 Å². The van der Waals surface area contributed by atoms with Gasteiger partial charge in [0.25, 0.3) is 17.7 Å². The van der Waals surface area contributed by atoms with Gasteiger partial charge in [-0.3, -0.25) is 19.2 Å². The summed E-state index contributed by atoms with van der Waals surface area (Å²) >= 11 is 6.91. The van der Waals surface area contributed by atoms with Crippen LogP contribution >= 0.6 is 11.6 Å². The molecule has 3 saturated heterocycles. The lowest BCUT2D eigenvalue weighted by atomic mass is 9.83. The van der Waals surface area contributed by atoms with Gasteiger partial charge >= 0.3 is 6.47 Å². The van der Waals surface area contributed by atoms with Gasteiger partial charge in [-0.15, -0.1) is 5.06 Å². The molecule has 6 rings (SSSR count). The maximum Gasteiger partial charge on any atom is 0.321 e. The molecular weight excluding hydrogens is 524 g/mol. The fourth-order valence-corrected chi connectivity index (χ4v) is 7.25. The number of carbonyl (C=O) groups excluding carboxylic acids is 4. The van der Waals surface area contributed by atoms with Crippen molar-refractivity contribution in [3.63, 3.8) is 0 Å². The molecule has 1 aliphatic carbocycles. The van der Waals surface area contributed by atoms with Crippen LogP contribution in [0.5, 0.6) is 0 Å². The minimum Gasteiger partial charge on any atom is -0.375 e. The first-order valence-corrected chi connectivity index (χ1v) is 14.5. The van der Waals surface area contributed by atoms with E-state index in [1.807, 2.05) is 12.1 Å². The molecule has 0 aromatic heterocycles. The van der Waals surface area contributed by atoms with Gasteiger partial charge in [0.2, 0.25) is 0 Å². The summed E-state index contributed by atoms with van der Waals surface area (Å²) in [6, 6.07) is 3.50. The summed E-state index contributed by atoms with van der Waals surface area (Å²) in [5.74, 6) is -1.28. The smallest absolute Gasteiger partial charge is 0.321 e. The van der Waals surface area contributed by atoms with Crippen LogP contribution < -0.4 is 5.32 Å². The summed E-state index contributed by atoms with van der Waals surface area (Å²) in [4.78, 5) is 57.4. The van der Waals surface area contributed by atoms with E-state index >= 15 is 0 Å². The normalized spacial score (nSPS) is 28.9. The van der Waals surface area contributed by atoms with Gasteiger partial charge in [0.1, 0.15) is 6.04 Å². The van der Waals surface area contributed by atoms with Crippen molar-refractivity contribution in [1.82, 2.24) is 20.2 Å². The first-order chi connectivity index (χ1) is 18.9. The molecule has 39 heavy (non-hydrogen) atoms. The Morgan fingerprint density at radius 3 is 2.44 bits per heavy atom. The van der Waals surface area contributed by atoms with E-state index in [9.17, 15) is 19.2 Å². The lowest BCUT2D eigenvalue weighted by Crippen LogP contribution is -2.54. The third kappa shape index (κ3) is 5.08. The zero-order valence-electron chi connectivity index (χ0n) is 22.0. The Hall–Kier alpha value is -2.53. The summed E-state index contributed by atoms with van der Waals surface area (Å²) in [5, 5.41) is 4.45. The van der Waals surface area contributed by atoms with Crippen LogP contribution in [0.1, 0.15) is 78.8 Å². The number of ether oxygens (including phenoxy) is 1. The maximum absolute atomic E-state index is 13.2. The third-order valence-corrected chi connectivity index (χ3v) is 9.63. The van der Waals surface area contributed by atoms with Gasteiger partial charge in [0, 0.05) is 35.2 Å². The van der Waals surface area contributed by atoms with Gasteiger partial charge in [-0.05, 0) is 88.7 Å². The Kier molecular flexibility index (Phi) is 7.63. The quantitative estimate of drug-likeness (QED) is 0.401. The first kappa shape index (κ1) is 26.7. The van der Waals surface area contributed by atoms with Crippen molar-refractivity contribution < 1.29 is 28.8 Å². The lowest BCUT2D eigenvalue weighted by molar-refractivity contribution is -0.200. The number of nitrogens with one attached hydrogen (secondary N) is 1. The summed E-state index contributed by atoms with van der Waals surface area (Å²) in [6.07, 6.45) is 7.48. The summed E-state index contributed by atoms with van der Waals surface area (Å²) in [6.45, 7) is 4.39. The second kappa shape index (κ2) is 11.2. The lowest BCUT2D eigenvalue weighted by Gasteiger charge is -2.46. The number of benzene rings is 1. The number of hydrogen-bond donors (Lipinski definition) is 1. The highest BCUT2D eigenvalue weighted by molar-refractivity contribution is 6.33. The minimum absolute atomic E-state index is 0.00779. The third-order valence-electron chi connectivity index (χ3n) is 9.19. The number of likely N-dealkylation sites (tertiary alicyclic amines) is 1. The molecule has 0 spiro atoms. The maximum atomic E-state index is 13.2. The standard InChI is InChI=1S/C28H35ClN4O6/c29-26-21(17-7-11-31(12-8-17)18-13-20(14-18)39-19-5-9-30-10-6-19)1-2-22-23(26)15-32(27(22)36)24-3-4-25(35)33(28(24)37)38-16-34/h1-2,16-20,24,30H,3-15H2. The number of imide groups is 1. The molecule has 4 aliphatic heterocycles. The van der Waals surface area contributed by atoms with Crippen molar-refractivity contribution >= 4 is 35.8 Å². The molecular formula is C28H35ClN4O6. The van der Waals surface area contributed by atoms with E-state index < -0.39 is 17.9 Å². The van der Waals surface area contributed by atoms with E-state index in [0.717, 1.165) is 75.8 Å². The van der Waals surface area contributed by atoms with E-state index in [-0.39, 0.29) is 31.8 Å². The Labute approximate surface area is 232 Å². The van der Waals surface area contributed by atoms with E-state index in [1.54, 1.807) is 0 Å². The molecule has 4 heterocycles. The number of carbonyl (C=O) groups is 4. The monoisotopic (exact) mass is 558 g/mol. The Morgan fingerprint density at radius 2 is 1.72 bits per heavy atom. The number of hydrogen-bond acceptors (Lipinski definition) is 8. The number of fused-ring (bicyclic) bond motifs is 1. The molecule has 1 unspecified atom stereocenters. The minimum atomic E-state index is -0.879. The molecule has 1 saturated carbocycles. The number of rotatable bonds is 7. The van der Waals surface area contributed by atoms with E-state index in [4.69, 9.17) is 16.3 Å². The number of nitrogens with zero attached hydrogens (tertiary/aromatic N) is 3. The molecule has 3 amide bonds. The molecule has 10 nitrogen and oxygen atoms in total. The van der Waals surface area contributed by atoms with Crippen molar-refractivity contribution in [3.8, 4) is 0 Å².